The lowest BCUT2D eigenvalue weighted by Gasteiger charge is -2.32. The molecule has 1 aliphatic carbocycles. The Morgan fingerprint density at radius 3 is 2.62 bits per heavy atom. The molecule has 0 aromatic heterocycles. The van der Waals surface area contributed by atoms with E-state index in [1.54, 1.807) is 0 Å². The minimum absolute atomic E-state index is 0.00343. The monoisotopic (exact) mass is 228 g/mol. The largest absolute Gasteiger partial charge is 0.388 e. The van der Waals surface area contributed by atoms with E-state index in [4.69, 9.17) is 5.73 Å². The molecule has 0 aromatic carbocycles. The van der Waals surface area contributed by atoms with Gasteiger partial charge in [0.1, 0.15) is 0 Å². The van der Waals surface area contributed by atoms with Crippen LogP contribution >= 0.6 is 0 Å². The molecule has 0 aliphatic heterocycles. The van der Waals surface area contributed by atoms with Gasteiger partial charge in [0.2, 0.25) is 5.91 Å². The van der Waals surface area contributed by atoms with E-state index in [0.29, 0.717) is 19.4 Å². The van der Waals surface area contributed by atoms with Gasteiger partial charge in [0.15, 0.2) is 0 Å². The summed E-state index contributed by atoms with van der Waals surface area (Å²) in [6.45, 7) is 2.28. The van der Waals surface area contributed by atoms with E-state index in [1.165, 1.54) is 6.42 Å². The standard InChI is InChI=1S/C12H24N2O2/c1-10(13)5-6-11(15)14-9-12(16)7-3-2-4-8-12/h10,16H,2-9,13H2,1H3,(H,14,15). The Kier molecular flexibility index (Phi) is 5.22. The minimum atomic E-state index is -0.664. The average molecular weight is 228 g/mol. The van der Waals surface area contributed by atoms with Crippen LogP contribution in [-0.4, -0.2) is 29.2 Å². The number of hydrogen-bond donors (Lipinski definition) is 3. The van der Waals surface area contributed by atoms with Gasteiger partial charge in [-0.25, -0.2) is 0 Å². The second-order valence-electron chi connectivity index (χ2n) is 5.08. The van der Waals surface area contributed by atoms with Gasteiger partial charge in [-0.1, -0.05) is 19.3 Å². The lowest BCUT2D eigenvalue weighted by Crippen LogP contribution is -2.44. The van der Waals surface area contributed by atoms with Crippen LogP contribution in [0.15, 0.2) is 0 Å². The fourth-order valence-electron chi connectivity index (χ4n) is 2.10. The summed E-state index contributed by atoms with van der Waals surface area (Å²) in [4.78, 5) is 11.5. The Morgan fingerprint density at radius 1 is 1.44 bits per heavy atom. The Bertz CT molecular complexity index is 223. The number of nitrogens with two attached hydrogens (primary N) is 1. The number of nitrogens with one attached hydrogen (secondary N) is 1. The van der Waals surface area contributed by atoms with Gasteiger partial charge < -0.3 is 16.2 Å². The van der Waals surface area contributed by atoms with Crippen LogP contribution in [-0.2, 0) is 4.79 Å². The van der Waals surface area contributed by atoms with Crippen molar-refractivity contribution in [1.82, 2.24) is 5.32 Å². The van der Waals surface area contributed by atoms with Gasteiger partial charge in [-0.3, -0.25) is 4.79 Å². The van der Waals surface area contributed by atoms with Crippen LogP contribution in [0.4, 0.5) is 0 Å². The second kappa shape index (κ2) is 6.21. The maximum absolute atomic E-state index is 11.5. The van der Waals surface area contributed by atoms with E-state index in [0.717, 1.165) is 25.7 Å². The molecule has 0 saturated heterocycles. The molecule has 1 unspecified atom stereocenters. The molecule has 4 nitrogen and oxygen atoms in total. The topological polar surface area (TPSA) is 75.4 Å². The molecule has 0 radical (unpaired) electrons. The first-order chi connectivity index (χ1) is 7.52. The van der Waals surface area contributed by atoms with Crippen molar-refractivity contribution in [2.75, 3.05) is 6.54 Å². The number of carbonyl (C=O) groups excluding carboxylic acids is 1. The number of hydrogen-bond acceptors (Lipinski definition) is 3. The van der Waals surface area contributed by atoms with Gasteiger partial charge in [-0.15, -0.1) is 0 Å². The van der Waals surface area contributed by atoms with Crippen molar-refractivity contribution in [3.8, 4) is 0 Å². The molecule has 1 aliphatic rings. The number of aliphatic hydroxyl groups is 1. The smallest absolute Gasteiger partial charge is 0.220 e. The van der Waals surface area contributed by atoms with Crippen LogP contribution in [0.25, 0.3) is 0 Å². The molecule has 1 atom stereocenters. The number of amides is 1. The molecule has 1 amide bonds. The van der Waals surface area contributed by atoms with Crippen molar-refractivity contribution < 1.29 is 9.90 Å². The minimum Gasteiger partial charge on any atom is -0.388 e. The number of rotatable bonds is 5. The van der Waals surface area contributed by atoms with E-state index >= 15 is 0 Å². The zero-order valence-electron chi connectivity index (χ0n) is 10.2. The third-order valence-corrected chi connectivity index (χ3v) is 3.23. The summed E-state index contributed by atoms with van der Waals surface area (Å²) in [7, 11) is 0. The van der Waals surface area contributed by atoms with Crippen molar-refractivity contribution in [3.05, 3.63) is 0 Å². The number of carbonyl (C=O) groups is 1. The summed E-state index contributed by atoms with van der Waals surface area (Å²) >= 11 is 0. The van der Waals surface area contributed by atoms with Crippen molar-refractivity contribution in [1.29, 1.82) is 0 Å². The second-order valence-corrected chi connectivity index (χ2v) is 5.08. The van der Waals surface area contributed by atoms with Crippen LogP contribution in [0.3, 0.4) is 0 Å². The van der Waals surface area contributed by atoms with E-state index in [2.05, 4.69) is 5.32 Å². The molecule has 4 N–H and O–H groups in total. The molecule has 1 fully saturated rings. The maximum Gasteiger partial charge on any atom is 0.220 e. The van der Waals surface area contributed by atoms with Gasteiger partial charge >= 0.3 is 0 Å². The Labute approximate surface area is 97.6 Å². The molecule has 1 rings (SSSR count). The van der Waals surface area contributed by atoms with Crippen molar-refractivity contribution in [3.63, 3.8) is 0 Å². The first-order valence-corrected chi connectivity index (χ1v) is 6.26. The molecule has 94 valence electrons. The zero-order valence-corrected chi connectivity index (χ0v) is 10.2. The normalized spacial score (nSPS) is 21.4. The fraction of sp³-hybridized carbons (Fsp3) is 0.917. The van der Waals surface area contributed by atoms with E-state index < -0.39 is 5.60 Å². The summed E-state index contributed by atoms with van der Waals surface area (Å²) in [6, 6.07) is 0.0588. The van der Waals surface area contributed by atoms with Crippen molar-refractivity contribution in [2.24, 2.45) is 5.73 Å². The lowest BCUT2D eigenvalue weighted by atomic mass is 9.85. The first kappa shape index (κ1) is 13.5. The van der Waals surface area contributed by atoms with Gasteiger partial charge in [0.25, 0.3) is 0 Å². The Hall–Kier alpha value is -0.610. The molecule has 0 aromatic rings. The van der Waals surface area contributed by atoms with Crippen LogP contribution in [0.2, 0.25) is 0 Å². The summed E-state index contributed by atoms with van der Waals surface area (Å²) < 4.78 is 0. The van der Waals surface area contributed by atoms with Crippen LogP contribution in [0.5, 0.6) is 0 Å². The van der Waals surface area contributed by atoms with Crippen LogP contribution in [0.1, 0.15) is 51.9 Å². The quantitative estimate of drug-likeness (QED) is 0.655. The predicted octanol–water partition coefficient (Wildman–Crippen LogP) is 0.925. The molecule has 0 bridgehead atoms. The molecular weight excluding hydrogens is 204 g/mol. The molecular formula is C12H24N2O2. The molecule has 4 heteroatoms. The van der Waals surface area contributed by atoms with Gasteiger partial charge in [-0.2, -0.15) is 0 Å². The first-order valence-electron chi connectivity index (χ1n) is 6.26. The van der Waals surface area contributed by atoms with Gasteiger partial charge in [0.05, 0.1) is 5.60 Å². The highest BCUT2D eigenvalue weighted by molar-refractivity contribution is 5.75. The lowest BCUT2D eigenvalue weighted by molar-refractivity contribution is -0.122. The summed E-state index contributed by atoms with van der Waals surface area (Å²) in [5.41, 5.74) is 4.91. The van der Waals surface area contributed by atoms with Crippen molar-refractivity contribution >= 4 is 5.91 Å². The predicted molar refractivity (Wildman–Crippen MR) is 63.9 cm³/mol. The van der Waals surface area contributed by atoms with Gasteiger partial charge in [-0.05, 0) is 26.2 Å². The van der Waals surface area contributed by atoms with Crippen molar-refractivity contribution in [2.45, 2.75) is 63.5 Å². The summed E-state index contributed by atoms with van der Waals surface area (Å²) in [6.07, 6.45) is 6.08. The van der Waals surface area contributed by atoms with E-state index in [1.807, 2.05) is 6.92 Å². The molecule has 0 spiro atoms. The van der Waals surface area contributed by atoms with E-state index in [9.17, 15) is 9.90 Å². The third-order valence-electron chi connectivity index (χ3n) is 3.23. The highest BCUT2D eigenvalue weighted by Crippen LogP contribution is 2.27. The van der Waals surface area contributed by atoms with Gasteiger partial charge in [0, 0.05) is 19.0 Å². The van der Waals surface area contributed by atoms with Crippen LogP contribution < -0.4 is 11.1 Å². The molecule has 16 heavy (non-hydrogen) atoms. The fourth-order valence-corrected chi connectivity index (χ4v) is 2.10. The molecule has 0 heterocycles. The highest BCUT2D eigenvalue weighted by Gasteiger charge is 2.29. The van der Waals surface area contributed by atoms with Crippen LogP contribution in [0, 0.1) is 0 Å². The molecule has 1 saturated carbocycles. The zero-order chi connectivity index (χ0) is 12.0. The SMILES string of the molecule is CC(N)CCC(=O)NCC1(O)CCCCC1. The Balaban J connectivity index is 2.19. The van der Waals surface area contributed by atoms with E-state index in [-0.39, 0.29) is 11.9 Å². The third kappa shape index (κ3) is 4.94. The summed E-state index contributed by atoms with van der Waals surface area (Å²) in [5.74, 6) is -0.00343. The highest BCUT2D eigenvalue weighted by atomic mass is 16.3. The Morgan fingerprint density at radius 2 is 2.06 bits per heavy atom. The summed E-state index contributed by atoms with van der Waals surface area (Å²) in [5, 5.41) is 13.0. The average Bonchev–Trinajstić information content (AvgIpc) is 2.25. The maximum atomic E-state index is 11.5.